The molecule has 0 unspecified atom stereocenters. The Morgan fingerprint density at radius 2 is 2.37 bits per heavy atom. The first-order valence-electron chi connectivity index (χ1n) is 5.67. The van der Waals surface area contributed by atoms with Crippen LogP contribution in [0.25, 0.3) is 11.0 Å². The van der Waals surface area contributed by atoms with Crippen LogP contribution in [-0.4, -0.2) is 19.7 Å². The minimum Gasteiger partial charge on any atom is -0.340 e. The number of nitrogens with one attached hydrogen (secondary N) is 1. The fraction of sp³-hybridized carbons (Fsp3) is 0.167. The third-order valence-electron chi connectivity index (χ3n) is 2.89. The van der Waals surface area contributed by atoms with Crippen molar-refractivity contribution in [2.75, 3.05) is 0 Å². The average molecular weight is 271 g/mol. The molecule has 1 aromatic carbocycles. The zero-order chi connectivity index (χ0) is 13.2. The van der Waals surface area contributed by atoms with Crippen molar-refractivity contribution < 1.29 is 4.52 Å². The molecule has 0 atom stereocenters. The lowest BCUT2D eigenvalue weighted by molar-refractivity contribution is 0.371. The molecule has 0 bridgehead atoms. The van der Waals surface area contributed by atoms with Crippen LogP contribution >= 0.6 is 12.2 Å². The molecule has 0 aliphatic carbocycles. The van der Waals surface area contributed by atoms with Crippen molar-refractivity contribution in [3.8, 4) is 6.07 Å². The van der Waals surface area contributed by atoms with Gasteiger partial charge in [-0.3, -0.25) is 0 Å². The monoisotopic (exact) mass is 271 g/mol. The molecule has 0 saturated heterocycles. The lowest BCUT2D eigenvalue weighted by atomic mass is 10.2. The Balaban J connectivity index is 2.02. The minimum atomic E-state index is 0.563. The number of nitriles is 1. The van der Waals surface area contributed by atoms with Crippen LogP contribution in [-0.2, 0) is 13.0 Å². The summed E-state index contributed by atoms with van der Waals surface area (Å²) in [6.07, 6.45) is 1.97. The topological polar surface area (TPSA) is 83.4 Å². The number of fused-ring (bicyclic) bond motifs is 1. The summed E-state index contributed by atoms with van der Waals surface area (Å²) in [6, 6.07) is 7.68. The van der Waals surface area contributed by atoms with Gasteiger partial charge in [0, 0.05) is 13.0 Å². The van der Waals surface area contributed by atoms with Crippen LogP contribution in [0.2, 0.25) is 0 Å². The number of hydrogen-bond donors (Lipinski definition) is 1. The van der Waals surface area contributed by atoms with E-state index in [4.69, 9.17) is 22.0 Å². The van der Waals surface area contributed by atoms with Crippen molar-refractivity contribution in [2.45, 2.75) is 13.0 Å². The summed E-state index contributed by atoms with van der Waals surface area (Å²) < 4.78 is 7.46. The van der Waals surface area contributed by atoms with Crippen molar-refractivity contribution in [1.29, 1.82) is 5.26 Å². The lowest BCUT2D eigenvalue weighted by Gasteiger charge is -2.01. The highest BCUT2D eigenvalue weighted by Crippen LogP contribution is 2.18. The Morgan fingerprint density at radius 3 is 3.11 bits per heavy atom. The molecular formula is C12H9N5OS. The highest BCUT2D eigenvalue weighted by Gasteiger charge is 2.09. The van der Waals surface area contributed by atoms with Gasteiger partial charge in [-0.1, -0.05) is 11.2 Å². The fourth-order valence-corrected chi connectivity index (χ4v) is 2.30. The maximum absolute atomic E-state index is 9.07. The zero-order valence-corrected chi connectivity index (χ0v) is 10.6. The summed E-state index contributed by atoms with van der Waals surface area (Å²) in [5.41, 5.74) is 2.25. The second-order valence-electron chi connectivity index (χ2n) is 3.98. The molecule has 0 saturated carbocycles. The quantitative estimate of drug-likeness (QED) is 0.738. The highest BCUT2D eigenvalue weighted by atomic mass is 32.1. The van der Waals surface area contributed by atoms with E-state index in [-0.39, 0.29) is 0 Å². The average Bonchev–Trinajstić information content (AvgIpc) is 3.03. The maximum Gasteiger partial charge on any atom is 0.228 e. The number of aromatic amines is 1. The molecule has 0 amide bonds. The van der Waals surface area contributed by atoms with Crippen LogP contribution in [0, 0.1) is 16.1 Å². The summed E-state index contributed by atoms with van der Waals surface area (Å²) in [5.74, 6) is 0.563. The summed E-state index contributed by atoms with van der Waals surface area (Å²) in [5, 5.41) is 12.6. The van der Waals surface area contributed by atoms with Crippen LogP contribution < -0.4 is 0 Å². The molecule has 3 rings (SSSR count). The lowest BCUT2D eigenvalue weighted by Crippen LogP contribution is -2.01. The number of H-pyrrole nitrogens is 1. The van der Waals surface area contributed by atoms with Gasteiger partial charge in [-0.15, -0.1) is 0 Å². The van der Waals surface area contributed by atoms with Crippen LogP contribution in [0.3, 0.4) is 0 Å². The molecule has 0 fully saturated rings. The second-order valence-corrected chi connectivity index (χ2v) is 4.36. The third kappa shape index (κ3) is 2.02. The van der Waals surface area contributed by atoms with Gasteiger partial charge in [-0.2, -0.15) is 10.2 Å². The molecule has 0 aliphatic rings. The number of aromatic nitrogens is 4. The predicted molar refractivity (Wildman–Crippen MR) is 69.8 cm³/mol. The molecule has 1 N–H and O–H groups in total. The van der Waals surface area contributed by atoms with E-state index >= 15 is 0 Å². The molecule has 2 heterocycles. The van der Waals surface area contributed by atoms with Gasteiger partial charge in [-0.25, -0.2) is 0 Å². The minimum absolute atomic E-state index is 0.563. The summed E-state index contributed by atoms with van der Waals surface area (Å²) in [7, 11) is 0. The number of rotatable bonds is 3. The summed E-state index contributed by atoms with van der Waals surface area (Å²) >= 11 is 5.29. The second kappa shape index (κ2) is 4.66. The van der Waals surface area contributed by atoms with E-state index in [0.717, 1.165) is 11.0 Å². The van der Waals surface area contributed by atoms with Gasteiger partial charge in [0.05, 0.1) is 16.6 Å². The van der Waals surface area contributed by atoms with Gasteiger partial charge in [0.25, 0.3) is 0 Å². The number of para-hydroxylation sites is 1. The van der Waals surface area contributed by atoms with E-state index in [1.807, 2.05) is 16.7 Å². The molecule has 0 radical (unpaired) electrons. The third-order valence-corrected chi connectivity index (χ3v) is 3.21. The van der Waals surface area contributed by atoms with Gasteiger partial charge < -0.3 is 14.1 Å². The summed E-state index contributed by atoms with van der Waals surface area (Å²) in [4.78, 5) is 7.04. The molecule has 7 heteroatoms. The molecule has 0 spiro atoms. The molecule has 6 nitrogen and oxygen atoms in total. The van der Waals surface area contributed by atoms with E-state index in [9.17, 15) is 0 Å². The normalized spacial score (nSPS) is 10.7. The number of imidazole rings is 1. The van der Waals surface area contributed by atoms with Crippen LogP contribution in [0.15, 0.2) is 29.0 Å². The van der Waals surface area contributed by atoms with Gasteiger partial charge in [0.2, 0.25) is 5.89 Å². The molecule has 2 aromatic heterocycles. The molecule has 0 aliphatic heterocycles. The first-order chi connectivity index (χ1) is 9.29. The fourth-order valence-electron chi connectivity index (χ4n) is 2.01. The Morgan fingerprint density at radius 1 is 1.47 bits per heavy atom. The number of nitrogens with zero attached hydrogens (tertiary/aromatic N) is 4. The van der Waals surface area contributed by atoms with Gasteiger partial charge >= 0.3 is 0 Å². The van der Waals surface area contributed by atoms with E-state index in [1.54, 1.807) is 6.07 Å². The number of aryl methyl sites for hydroxylation is 2. The van der Waals surface area contributed by atoms with Gasteiger partial charge in [-0.05, 0) is 24.4 Å². The van der Waals surface area contributed by atoms with E-state index in [2.05, 4.69) is 21.2 Å². The van der Waals surface area contributed by atoms with Crippen LogP contribution in [0.5, 0.6) is 0 Å². The zero-order valence-electron chi connectivity index (χ0n) is 9.83. The first-order valence-corrected chi connectivity index (χ1v) is 6.07. The van der Waals surface area contributed by atoms with Gasteiger partial charge in [0.15, 0.2) is 11.1 Å². The van der Waals surface area contributed by atoms with E-state index in [0.29, 0.717) is 29.2 Å². The largest absolute Gasteiger partial charge is 0.340 e. The smallest absolute Gasteiger partial charge is 0.228 e. The number of hydrogen-bond acceptors (Lipinski definition) is 5. The van der Waals surface area contributed by atoms with Crippen molar-refractivity contribution in [3.05, 3.63) is 40.8 Å². The van der Waals surface area contributed by atoms with Crippen molar-refractivity contribution in [1.82, 2.24) is 19.7 Å². The Labute approximate surface area is 113 Å². The van der Waals surface area contributed by atoms with Crippen molar-refractivity contribution in [3.63, 3.8) is 0 Å². The SMILES string of the molecule is N#Cc1cccc2c1[nH]c(=S)n2CCc1ncno1. The van der Waals surface area contributed by atoms with Gasteiger partial charge in [0.1, 0.15) is 6.07 Å². The molecule has 19 heavy (non-hydrogen) atoms. The van der Waals surface area contributed by atoms with E-state index in [1.165, 1.54) is 6.33 Å². The molecule has 94 valence electrons. The summed E-state index contributed by atoms with van der Waals surface area (Å²) in [6.45, 7) is 0.621. The molecule has 3 aromatic rings. The molecular weight excluding hydrogens is 262 g/mol. The Hall–Kier alpha value is -2.46. The van der Waals surface area contributed by atoms with Crippen LogP contribution in [0.1, 0.15) is 11.5 Å². The van der Waals surface area contributed by atoms with Crippen molar-refractivity contribution >= 4 is 23.3 Å². The van der Waals surface area contributed by atoms with Crippen LogP contribution in [0.4, 0.5) is 0 Å². The Bertz CT molecular complexity index is 809. The van der Waals surface area contributed by atoms with Crippen molar-refractivity contribution in [2.24, 2.45) is 0 Å². The first kappa shape index (κ1) is 11.6. The number of benzene rings is 1. The highest BCUT2D eigenvalue weighted by molar-refractivity contribution is 7.71. The van der Waals surface area contributed by atoms with E-state index < -0.39 is 0 Å². The Kier molecular flexibility index (Phi) is 2.85. The predicted octanol–water partition coefficient (Wildman–Crippen LogP) is 2.20. The maximum atomic E-state index is 9.07. The standard InChI is InChI=1S/C12H9N5OS/c13-6-8-2-1-3-9-11(8)16-12(19)17(9)5-4-10-14-7-15-18-10/h1-3,7H,4-5H2,(H,16,19).